The number of aliphatic hydroxyl groups is 1. The molecule has 88 valence electrons. The van der Waals surface area contributed by atoms with Gasteiger partial charge in [0.2, 0.25) is 5.88 Å². The van der Waals surface area contributed by atoms with Crippen LogP contribution in [0.1, 0.15) is 37.4 Å². The second-order valence-electron chi connectivity index (χ2n) is 4.21. The largest absolute Gasteiger partial charge is 0.479 e. The molecule has 3 nitrogen and oxygen atoms in total. The average Bonchev–Trinajstić information content (AvgIpc) is 2.82. The van der Waals surface area contributed by atoms with Crippen LogP contribution in [0.25, 0.3) is 0 Å². The summed E-state index contributed by atoms with van der Waals surface area (Å²) in [5.74, 6) is -0.416. The molecule has 0 bridgehead atoms. The molecule has 16 heavy (non-hydrogen) atoms. The number of methoxy groups -OCH3 is 1. The van der Waals surface area contributed by atoms with Gasteiger partial charge >= 0.3 is 0 Å². The van der Waals surface area contributed by atoms with Crippen molar-refractivity contribution in [3.8, 4) is 5.88 Å². The summed E-state index contributed by atoms with van der Waals surface area (Å²) in [7, 11) is 1.37. The molecule has 1 saturated carbocycles. The standard InChI is InChI=1S/C12H16FNO2/c1-16-12-10(13)9(6-7-14-12)11(15)8-4-2-3-5-8/h6-8,11,15H,2-5H2,1H3. The van der Waals surface area contributed by atoms with Gasteiger partial charge in [-0.2, -0.15) is 0 Å². The van der Waals surface area contributed by atoms with Gasteiger partial charge in [-0.3, -0.25) is 0 Å². The molecule has 0 aromatic carbocycles. The van der Waals surface area contributed by atoms with E-state index in [-0.39, 0.29) is 11.8 Å². The number of aliphatic hydroxyl groups excluding tert-OH is 1. The van der Waals surface area contributed by atoms with Crippen LogP contribution in [0, 0.1) is 11.7 Å². The maximum Gasteiger partial charge on any atom is 0.250 e. The third-order valence-corrected chi connectivity index (χ3v) is 3.25. The third-order valence-electron chi connectivity index (χ3n) is 3.25. The first kappa shape index (κ1) is 11.3. The molecule has 0 saturated heterocycles. The minimum Gasteiger partial charge on any atom is -0.479 e. The van der Waals surface area contributed by atoms with Gasteiger partial charge in [-0.05, 0) is 24.8 Å². The van der Waals surface area contributed by atoms with Gasteiger partial charge in [-0.15, -0.1) is 0 Å². The highest BCUT2D eigenvalue weighted by Gasteiger charge is 2.27. The lowest BCUT2D eigenvalue weighted by molar-refractivity contribution is 0.107. The van der Waals surface area contributed by atoms with Crippen molar-refractivity contribution >= 4 is 0 Å². The third kappa shape index (κ3) is 2.02. The summed E-state index contributed by atoms with van der Waals surface area (Å²) in [6.07, 6.45) is 4.89. The van der Waals surface area contributed by atoms with Crippen LogP contribution >= 0.6 is 0 Å². The minimum absolute atomic E-state index is 0.0467. The number of rotatable bonds is 3. The van der Waals surface area contributed by atoms with Crippen molar-refractivity contribution in [3.63, 3.8) is 0 Å². The fourth-order valence-corrected chi connectivity index (χ4v) is 2.34. The number of ether oxygens (including phenoxy) is 1. The molecule has 1 atom stereocenters. The minimum atomic E-state index is -0.737. The molecule has 1 heterocycles. The van der Waals surface area contributed by atoms with Crippen LogP contribution in [-0.2, 0) is 0 Å². The molecule has 1 aliphatic carbocycles. The summed E-state index contributed by atoms with van der Waals surface area (Å²) < 4.78 is 18.6. The summed E-state index contributed by atoms with van der Waals surface area (Å²) in [5, 5.41) is 10.1. The Morgan fingerprint density at radius 2 is 2.19 bits per heavy atom. The molecule has 0 spiro atoms. The van der Waals surface area contributed by atoms with Gasteiger partial charge in [0.25, 0.3) is 0 Å². The van der Waals surface area contributed by atoms with Crippen LogP contribution < -0.4 is 4.74 Å². The second kappa shape index (κ2) is 4.78. The number of halogens is 1. The maximum absolute atomic E-state index is 13.8. The molecule has 4 heteroatoms. The van der Waals surface area contributed by atoms with E-state index in [0.29, 0.717) is 5.56 Å². The lowest BCUT2D eigenvalue weighted by Gasteiger charge is -2.18. The topological polar surface area (TPSA) is 42.4 Å². The van der Waals surface area contributed by atoms with Crippen LogP contribution in [0.3, 0.4) is 0 Å². The van der Waals surface area contributed by atoms with E-state index in [9.17, 15) is 9.50 Å². The smallest absolute Gasteiger partial charge is 0.250 e. The summed E-state index contributed by atoms with van der Waals surface area (Å²) in [6.45, 7) is 0. The van der Waals surface area contributed by atoms with Crippen molar-refractivity contribution in [2.24, 2.45) is 5.92 Å². The first-order valence-corrected chi connectivity index (χ1v) is 5.60. The van der Waals surface area contributed by atoms with E-state index < -0.39 is 11.9 Å². The Labute approximate surface area is 94.3 Å². The predicted octanol–water partition coefficient (Wildman–Crippen LogP) is 2.45. The van der Waals surface area contributed by atoms with Gasteiger partial charge in [0, 0.05) is 11.8 Å². The molecule has 1 aromatic rings. The molecule has 0 amide bonds. The zero-order valence-electron chi connectivity index (χ0n) is 9.32. The van der Waals surface area contributed by atoms with Crippen molar-refractivity contribution in [2.75, 3.05) is 7.11 Å². The number of pyridine rings is 1. The van der Waals surface area contributed by atoms with Gasteiger partial charge in [0.15, 0.2) is 5.82 Å². The molecule has 1 fully saturated rings. The summed E-state index contributed by atoms with van der Waals surface area (Å²) >= 11 is 0. The van der Waals surface area contributed by atoms with Crippen LogP contribution in [0.5, 0.6) is 5.88 Å². The van der Waals surface area contributed by atoms with Crippen molar-refractivity contribution in [2.45, 2.75) is 31.8 Å². The second-order valence-corrected chi connectivity index (χ2v) is 4.21. The van der Waals surface area contributed by atoms with E-state index >= 15 is 0 Å². The first-order valence-electron chi connectivity index (χ1n) is 5.60. The number of hydrogen-bond donors (Lipinski definition) is 1. The predicted molar refractivity (Wildman–Crippen MR) is 57.7 cm³/mol. The Balaban J connectivity index is 2.25. The molecular formula is C12H16FNO2. The van der Waals surface area contributed by atoms with Crippen molar-refractivity contribution < 1.29 is 14.2 Å². The molecular weight excluding hydrogens is 209 g/mol. The zero-order chi connectivity index (χ0) is 11.5. The van der Waals surface area contributed by atoms with Crippen LogP contribution in [0.2, 0.25) is 0 Å². The summed E-state index contributed by atoms with van der Waals surface area (Å²) in [5.41, 5.74) is 0.304. The molecule has 1 unspecified atom stereocenters. The Morgan fingerprint density at radius 3 is 2.81 bits per heavy atom. The van der Waals surface area contributed by atoms with Gasteiger partial charge < -0.3 is 9.84 Å². The van der Waals surface area contributed by atoms with Gasteiger partial charge in [-0.25, -0.2) is 9.37 Å². The first-order chi connectivity index (χ1) is 7.74. The maximum atomic E-state index is 13.8. The van der Waals surface area contributed by atoms with E-state index in [1.54, 1.807) is 0 Å². The van der Waals surface area contributed by atoms with E-state index in [1.807, 2.05) is 0 Å². The summed E-state index contributed by atoms with van der Waals surface area (Å²) in [6, 6.07) is 1.53. The molecule has 0 radical (unpaired) electrons. The zero-order valence-corrected chi connectivity index (χ0v) is 9.32. The number of aromatic nitrogens is 1. The lowest BCUT2D eigenvalue weighted by atomic mass is 9.95. The quantitative estimate of drug-likeness (QED) is 0.859. The van der Waals surface area contributed by atoms with Crippen molar-refractivity contribution in [1.29, 1.82) is 0 Å². The Kier molecular flexibility index (Phi) is 3.39. The molecule has 2 rings (SSSR count). The Morgan fingerprint density at radius 1 is 1.50 bits per heavy atom. The fourth-order valence-electron chi connectivity index (χ4n) is 2.34. The SMILES string of the molecule is COc1nccc(C(O)C2CCCC2)c1F. The molecule has 0 aliphatic heterocycles. The van der Waals surface area contributed by atoms with Crippen LogP contribution in [-0.4, -0.2) is 17.2 Å². The van der Waals surface area contributed by atoms with E-state index in [4.69, 9.17) is 4.74 Å². The van der Waals surface area contributed by atoms with E-state index in [2.05, 4.69) is 4.98 Å². The molecule has 1 N–H and O–H groups in total. The highest BCUT2D eigenvalue weighted by Crippen LogP contribution is 2.37. The van der Waals surface area contributed by atoms with E-state index in [0.717, 1.165) is 25.7 Å². The van der Waals surface area contributed by atoms with Crippen molar-refractivity contribution in [3.05, 3.63) is 23.6 Å². The Bertz CT molecular complexity index is 364. The fraction of sp³-hybridized carbons (Fsp3) is 0.583. The Hall–Kier alpha value is -1.16. The monoisotopic (exact) mass is 225 g/mol. The normalized spacial score (nSPS) is 18.7. The van der Waals surface area contributed by atoms with Crippen molar-refractivity contribution in [1.82, 2.24) is 4.98 Å². The number of nitrogens with zero attached hydrogens (tertiary/aromatic N) is 1. The van der Waals surface area contributed by atoms with Gasteiger partial charge in [-0.1, -0.05) is 12.8 Å². The van der Waals surface area contributed by atoms with E-state index in [1.165, 1.54) is 19.4 Å². The summed E-state index contributed by atoms with van der Waals surface area (Å²) in [4.78, 5) is 3.76. The molecule has 1 aliphatic rings. The lowest BCUT2D eigenvalue weighted by Crippen LogP contribution is -2.11. The van der Waals surface area contributed by atoms with Crippen LogP contribution in [0.15, 0.2) is 12.3 Å². The van der Waals surface area contributed by atoms with Crippen LogP contribution in [0.4, 0.5) is 4.39 Å². The highest BCUT2D eigenvalue weighted by molar-refractivity contribution is 5.26. The average molecular weight is 225 g/mol. The highest BCUT2D eigenvalue weighted by atomic mass is 19.1. The van der Waals surface area contributed by atoms with Gasteiger partial charge in [0.05, 0.1) is 13.2 Å². The van der Waals surface area contributed by atoms with Gasteiger partial charge in [0.1, 0.15) is 0 Å². The number of hydrogen-bond acceptors (Lipinski definition) is 3. The molecule has 1 aromatic heterocycles.